The lowest BCUT2D eigenvalue weighted by atomic mass is 10.2. The minimum atomic E-state index is -0.692. The van der Waals surface area contributed by atoms with E-state index in [1.807, 2.05) is 0 Å². The molecule has 1 aliphatic heterocycles. The molecule has 0 bridgehead atoms. The lowest BCUT2D eigenvalue weighted by molar-refractivity contribution is -0.137. The molecule has 0 aliphatic carbocycles. The largest absolute Gasteiger partial charge is 0.481 e. The minimum Gasteiger partial charge on any atom is -0.481 e. The number of ether oxygens (including phenoxy) is 1. The molecule has 88 valence electrons. The fourth-order valence-corrected chi connectivity index (χ4v) is 1.90. The summed E-state index contributed by atoms with van der Waals surface area (Å²) in [6.45, 7) is 6.01. The maximum absolute atomic E-state index is 10.3. The van der Waals surface area contributed by atoms with Gasteiger partial charge >= 0.3 is 5.97 Å². The molecule has 4 heteroatoms. The summed E-state index contributed by atoms with van der Waals surface area (Å²) in [6, 6.07) is 0. The second-order valence-electron chi connectivity index (χ2n) is 4.19. The molecule has 1 unspecified atom stereocenters. The summed E-state index contributed by atoms with van der Waals surface area (Å²) in [5.41, 5.74) is 0. The Morgan fingerprint density at radius 3 is 3.07 bits per heavy atom. The number of unbranched alkanes of at least 4 members (excludes halogenated alkanes) is 1. The third-order valence-electron chi connectivity index (χ3n) is 2.65. The maximum atomic E-state index is 10.3. The molecule has 1 N–H and O–H groups in total. The van der Waals surface area contributed by atoms with Crippen LogP contribution in [0.15, 0.2) is 0 Å². The Kier molecular flexibility index (Phi) is 5.65. The average molecular weight is 215 g/mol. The average Bonchev–Trinajstić information content (AvgIpc) is 2.37. The second-order valence-corrected chi connectivity index (χ2v) is 4.19. The molecule has 4 nitrogen and oxygen atoms in total. The van der Waals surface area contributed by atoms with Crippen LogP contribution < -0.4 is 0 Å². The highest BCUT2D eigenvalue weighted by Gasteiger charge is 2.14. The number of carbonyl (C=O) groups is 1. The zero-order chi connectivity index (χ0) is 11.1. The van der Waals surface area contributed by atoms with Crippen LogP contribution in [0.2, 0.25) is 0 Å². The van der Waals surface area contributed by atoms with Crippen molar-refractivity contribution in [3.8, 4) is 0 Å². The standard InChI is InChI=1S/C11H21NO3/c1-10-9-12(7-4-8-15-10)6-3-2-5-11(13)14/h10H,2-9H2,1H3,(H,13,14). The molecule has 0 saturated carbocycles. The van der Waals surface area contributed by atoms with Gasteiger partial charge in [-0.1, -0.05) is 0 Å². The van der Waals surface area contributed by atoms with Crippen LogP contribution >= 0.6 is 0 Å². The molecule has 0 aromatic rings. The van der Waals surface area contributed by atoms with Gasteiger partial charge in [0.05, 0.1) is 6.10 Å². The Balaban J connectivity index is 2.11. The van der Waals surface area contributed by atoms with Crippen molar-refractivity contribution >= 4 is 5.97 Å². The van der Waals surface area contributed by atoms with Gasteiger partial charge in [-0.3, -0.25) is 4.79 Å². The quantitative estimate of drug-likeness (QED) is 0.703. The summed E-state index contributed by atoms with van der Waals surface area (Å²) < 4.78 is 5.54. The molecule has 0 radical (unpaired) electrons. The molecule has 1 rings (SSSR count). The number of carboxylic acid groups (broad SMARTS) is 1. The zero-order valence-corrected chi connectivity index (χ0v) is 9.45. The molecule has 1 atom stereocenters. The van der Waals surface area contributed by atoms with Crippen LogP contribution in [0.4, 0.5) is 0 Å². The number of aliphatic carboxylic acids is 1. The monoisotopic (exact) mass is 215 g/mol. The van der Waals surface area contributed by atoms with Crippen LogP contribution in [0.1, 0.15) is 32.6 Å². The van der Waals surface area contributed by atoms with Crippen molar-refractivity contribution < 1.29 is 14.6 Å². The predicted octanol–water partition coefficient (Wildman–Crippen LogP) is 1.35. The number of nitrogens with zero attached hydrogens (tertiary/aromatic N) is 1. The molecule has 1 saturated heterocycles. The van der Waals surface area contributed by atoms with Gasteiger partial charge in [0.1, 0.15) is 0 Å². The molecular weight excluding hydrogens is 194 g/mol. The molecular formula is C11H21NO3. The van der Waals surface area contributed by atoms with Gasteiger partial charge in [-0.05, 0) is 32.7 Å². The lowest BCUT2D eigenvalue weighted by Crippen LogP contribution is -2.31. The van der Waals surface area contributed by atoms with Gasteiger partial charge in [0.15, 0.2) is 0 Å². The minimum absolute atomic E-state index is 0.292. The van der Waals surface area contributed by atoms with Crippen molar-refractivity contribution in [1.82, 2.24) is 4.90 Å². The Bertz CT molecular complexity index is 196. The highest BCUT2D eigenvalue weighted by Crippen LogP contribution is 2.07. The Morgan fingerprint density at radius 1 is 1.53 bits per heavy atom. The molecule has 1 heterocycles. The third-order valence-corrected chi connectivity index (χ3v) is 2.65. The van der Waals surface area contributed by atoms with Crippen LogP contribution in [-0.2, 0) is 9.53 Å². The summed E-state index contributed by atoms with van der Waals surface area (Å²) in [6.07, 6.45) is 3.44. The Labute approximate surface area is 91.2 Å². The maximum Gasteiger partial charge on any atom is 0.303 e. The number of hydrogen-bond donors (Lipinski definition) is 1. The van der Waals surface area contributed by atoms with E-state index in [0.717, 1.165) is 45.5 Å². The summed E-state index contributed by atoms with van der Waals surface area (Å²) in [5, 5.41) is 8.50. The number of rotatable bonds is 5. The van der Waals surface area contributed by atoms with E-state index in [9.17, 15) is 4.79 Å². The first-order chi connectivity index (χ1) is 7.18. The van der Waals surface area contributed by atoms with Crippen molar-refractivity contribution in [2.75, 3.05) is 26.2 Å². The summed E-state index contributed by atoms with van der Waals surface area (Å²) >= 11 is 0. The van der Waals surface area contributed by atoms with E-state index in [1.165, 1.54) is 0 Å². The van der Waals surface area contributed by atoms with Crippen molar-refractivity contribution in [1.29, 1.82) is 0 Å². The first-order valence-corrected chi connectivity index (χ1v) is 5.74. The highest BCUT2D eigenvalue weighted by molar-refractivity contribution is 5.66. The second kappa shape index (κ2) is 6.80. The topological polar surface area (TPSA) is 49.8 Å². The van der Waals surface area contributed by atoms with E-state index < -0.39 is 5.97 Å². The Morgan fingerprint density at radius 2 is 2.33 bits per heavy atom. The van der Waals surface area contributed by atoms with Crippen molar-refractivity contribution in [3.05, 3.63) is 0 Å². The van der Waals surface area contributed by atoms with Crippen LogP contribution in [0.5, 0.6) is 0 Å². The van der Waals surface area contributed by atoms with Gasteiger partial charge in [0, 0.05) is 26.1 Å². The van der Waals surface area contributed by atoms with Gasteiger partial charge in [0.2, 0.25) is 0 Å². The van der Waals surface area contributed by atoms with E-state index >= 15 is 0 Å². The van der Waals surface area contributed by atoms with Crippen LogP contribution in [0.3, 0.4) is 0 Å². The molecule has 0 aromatic heterocycles. The molecule has 1 aliphatic rings. The fraction of sp³-hybridized carbons (Fsp3) is 0.909. The van der Waals surface area contributed by atoms with E-state index in [0.29, 0.717) is 12.5 Å². The highest BCUT2D eigenvalue weighted by atomic mass is 16.5. The first kappa shape index (κ1) is 12.5. The fourth-order valence-electron chi connectivity index (χ4n) is 1.90. The van der Waals surface area contributed by atoms with Crippen molar-refractivity contribution in [2.24, 2.45) is 0 Å². The van der Waals surface area contributed by atoms with Crippen LogP contribution in [-0.4, -0.2) is 48.3 Å². The SMILES string of the molecule is CC1CN(CCCCC(=O)O)CCCO1. The molecule has 0 aromatic carbocycles. The lowest BCUT2D eigenvalue weighted by Gasteiger charge is -2.21. The van der Waals surface area contributed by atoms with Crippen molar-refractivity contribution in [3.63, 3.8) is 0 Å². The van der Waals surface area contributed by atoms with E-state index in [2.05, 4.69) is 11.8 Å². The smallest absolute Gasteiger partial charge is 0.303 e. The van der Waals surface area contributed by atoms with E-state index in [4.69, 9.17) is 9.84 Å². The van der Waals surface area contributed by atoms with Crippen LogP contribution in [0, 0.1) is 0 Å². The van der Waals surface area contributed by atoms with Gasteiger partial charge in [0.25, 0.3) is 0 Å². The van der Waals surface area contributed by atoms with Gasteiger partial charge in [-0.2, -0.15) is 0 Å². The van der Waals surface area contributed by atoms with Crippen LogP contribution in [0.25, 0.3) is 0 Å². The first-order valence-electron chi connectivity index (χ1n) is 5.74. The number of hydrogen-bond acceptors (Lipinski definition) is 3. The third kappa shape index (κ3) is 5.74. The van der Waals surface area contributed by atoms with Crippen molar-refractivity contribution in [2.45, 2.75) is 38.7 Å². The van der Waals surface area contributed by atoms with E-state index in [1.54, 1.807) is 0 Å². The molecule has 0 amide bonds. The van der Waals surface area contributed by atoms with Gasteiger partial charge in [-0.15, -0.1) is 0 Å². The summed E-state index contributed by atoms with van der Waals surface area (Å²) in [5.74, 6) is -0.692. The summed E-state index contributed by atoms with van der Waals surface area (Å²) in [4.78, 5) is 12.7. The van der Waals surface area contributed by atoms with Gasteiger partial charge < -0.3 is 14.7 Å². The Hall–Kier alpha value is -0.610. The molecule has 1 fully saturated rings. The normalized spacial score (nSPS) is 23.7. The summed E-state index contributed by atoms with van der Waals surface area (Å²) in [7, 11) is 0. The van der Waals surface area contributed by atoms with E-state index in [-0.39, 0.29) is 0 Å². The molecule has 0 spiro atoms. The molecule has 15 heavy (non-hydrogen) atoms. The van der Waals surface area contributed by atoms with Gasteiger partial charge in [-0.25, -0.2) is 0 Å². The predicted molar refractivity (Wildman–Crippen MR) is 58.0 cm³/mol. The zero-order valence-electron chi connectivity index (χ0n) is 9.45. The number of carboxylic acids is 1.